The molecule has 0 spiro atoms. The second kappa shape index (κ2) is 13.9. The van der Waals surface area contributed by atoms with Gasteiger partial charge in [-0.25, -0.2) is 4.79 Å². The van der Waals surface area contributed by atoms with E-state index >= 15 is 0 Å². The van der Waals surface area contributed by atoms with Crippen LogP contribution in [0.2, 0.25) is 0 Å². The SMILES string of the molecule is CCCN(CC(=O)N(CCc1ccc(OC)c(OC)c1)Cc1cccs1)C(=O)Nc1ccccc1C(F)(F)F. The van der Waals surface area contributed by atoms with Crippen molar-refractivity contribution in [3.63, 3.8) is 0 Å². The smallest absolute Gasteiger partial charge is 0.418 e. The number of carbonyl (C=O) groups is 2. The van der Waals surface area contributed by atoms with E-state index in [1.165, 1.54) is 34.4 Å². The van der Waals surface area contributed by atoms with E-state index in [1.807, 2.05) is 36.6 Å². The van der Waals surface area contributed by atoms with Gasteiger partial charge in [-0.05, 0) is 54.1 Å². The van der Waals surface area contributed by atoms with Crippen LogP contribution in [0.1, 0.15) is 29.3 Å². The predicted octanol–water partition coefficient (Wildman–Crippen LogP) is 6.30. The van der Waals surface area contributed by atoms with E-state index in [4.69, 9.17) is 9.47 Å². The molecule has 0 aliphatic carbocycles. The molecule has 0 saturated carbocycles. The van der Waals surface area contributed by atoms with E-state index in [9.17, 15) is 22.8 Å². The fourth-order valence-corrected chi connectivity index (χ4v) is 4.72. The maximum Gasteiger partial charge on any atom is 0.418 e. The zero-order valence-electron chi connectivity index (χ0n) is 22.1. The van der Waals surface area contributed by atoms with Crippen molar-refractivity contribution in [3.05, 3.63) is 76.0 Å². The third kappa shape index (κ3) is 8.38. The number of amides is 3. The molecule has 1 aromatic heterocycles. The summed E-state index contributed by atoms with van der Waals surface area (Å²) in [4.78, 5) is 30.4. The molecule has 0 saturated heterocycles. The second-order valence-corrected chi connectivity index (χ2v) is 9.76. The molecule has 1 N–H and O–H groups in total. The first-order valence-electron chi connectivity index (χ1n) is 12.4. The van der Waals surface area contributed by atoms with Gasteiger partial charge in [0.2, 0.25) is 5.91 Å². The molecule has 0 fully saturated rings. The zero-order valence-corrected chi connectivity index (χ0v) is 22.9. The largest absolute Gasteiger partial charge is 0.493 e. The summed E-state index contributed by atoms with van der Waals surface area (Å²) in [5.41, 5.74) is -0.369. The molecule has 7 nitrogen and oxygen atoms in total. The van der Waals surface area contributed by atoms with Gasteiger partial charge in [-0.2, -0.15) is 13.2 Å². The van der Waals surface area contributed by atoms with Crippen molar-refractivity contribution in [2.75, 3.05) is 39.2 Å². The van der Waals surface area contributed by atoms with Crippen molar-refractivity contribution in [3.8, 4) is 11.5 Å². The highest BCUT2D eigenvalue weighted by Gasteiger charge is 2.34. The lowest BCUT2D eigenvalue weighted by Crippen LogP contribution is -2.45. The number of hydrogen-bond acceptors (Lipinski definition) is 5. The molecule has 2 aromatic carbocycles. The number of carbonyl (C=O) groups excluding carboxylic acids is 2. The third-order valence-electron chi connectivity index (χ3n) is 5.98. The quantitative estimate of drug-likeness (QED) is 0.281. The van der Waals surface area contributed by atoms with Gasteiger partial charge in [-0.1, -0.05) is 31.2 Å². The van der Waals surface area contributed by atoms with Crippen molar-refractivity contribution in [2.45, 2.75) is 32.5 Å². The number of nitrogens with one attached hydrogen (secondary N) is 1. The molecule has 39 heavy (non-hydrogen) atoms. The summed E-state index contributed by atoms with van der Waals surface area (Å²) < 4.78 is 50.9. The van der Waals surface area contributed by atoms with Gasteiger partial charge in [0.25, 0.3) is 0 Å². The molecule has 0 radical (unpaired) electrons. The lowest BCUT2D eigenvalue weighted by atomic mass is 10.1. The minimum Gasteiger partial charge on any atom is -0.493 e. The Morgan fingerprint density at radius 2 is 1.69 bits per heavy atom. The molecule has 0 bridgehead atoms. The number of halogens is 3. The van der Waals surface area contributed by atoms with E-state index in [0.29, 0.717) is 37.4 Å². The minimum absolute atomic E-state index is 0.203. The highest BCUT2D eigenvalue weighted by atomic mass is 32.1. The molecule has 0 unspecified atom stereocenters. The average Bonchev–Trinajstić information content (AvgIpc) is 3.43. The number of alkyl halides is 3. The number of methoxy groups -OCH3 is 2. The Hall–Kier alpha value is -3.73. The number of hydrogen-bond donors (Lipinski definition) is 1. The first kappa shape index (κ1) is 29.8. The molecule has 3 aromatic rings. The summed E-state index contributed by atoms with van der Waals surface area (Å²) >= 11 is 1.51. The number of urea groups is 1. The van der Waals surface area contributed by atoms with Crippen molar-refractivity contribution >= 4 is 29.0 Å². The van der Waals surface area contributed by atoms with Crippen LogP contribution in [-0.4, -0.2) is 55.6 Å². The summed E-state index contributed by atoms with van der Waals surface area (Å²) in [5.74, 6) is 0.869. The standard InChI is InChI=1S/C28H32F3N3O4S/c1-4-14-34(27(36)32-23-10-6-5-9-22(23)28(29,30)31)19-26(35)33(18-21-8-7-16-39-21)15-13-20-11-12-24(37-2)25(17-20)38-3/h5-12,16-17H,4,13-15,18-19H2,1-3H3,(H,32,36). The first-order valence-corrected chi connectivity index (χ1v) is 13.3. The topological polar surface area (TPSA) is 71.1 Å². The van der Waals surface area contributed by atoms with E-state index in [-0.39, 0.29) is 24.7 Å². The van der Waals surface area contributed by atoms with Crippen LogP contribution in [0, 0.1) is 0 Å². The normalized spacial score (nSPS) is 11.1. The monoisotopic (exact) mass is 563 g/mol. The maximum atomic E-state index is 13.5. The zero-order chi connectivity index (χ0) is 28.4. The number of anilines is 1. The number of nitrogens with zero attached hydrogens (tertiary/aromatic N) is 2. The molecular formula is C28H32F3N3O4S. The Morgan fingerprint density at radius 3 is 2.33 bits per heavy atom. The molecule has 210 valence electrons. The summed E-state index contributed by atoms with van der Waals surface area (Å²) in [6.45, 7) is 2.47. The van der Waals surface area contributed by atoms with E-state index in [0.717, 1.165) is 16.5 Å². The third-order valence-corrected chi connectivity index (χ3v) is 6.84. The average molecular weight is 564 g/mol. The van der Waals surface area contributed by atoms with Crippen LogP contribution < -0.4 is 14.8 Å². The van der Waals surface area contributed by atoms with E-state index in [1.54, 1.807) is 25.2 Å². The summed E-state index contributed by atoms with van der Waals surface area (Å²) in [5, 5.41) is 4.26. The number of thiophene rings is 1. The molecule has 11 heteroatoms. The van der Waals surface area contributed by atoms with Gasteiger partial charge in [0.1, 0.15) is 6.54 Å². The highest BCUT2D eigenvalue weighted by molar-refractivity contribution is 7.09. The van der Waals surface area contributed by atoms with Crippen LogP contribution in [0.3, 0.4) is 0 Å². The van der Waals surface area contributed by atoms with Crippen molar-refractivity contribution in [1.29, 1.82) is 0 Å². The van der Waals surface area contributed by atoms with Gasteiger partial charge in [0.15, 0.2) is 11.5 Å². The number of para-hydroxylation sites is 1. The number of benzene rings is 2. The highest BCUT2D eigenvalue weighted by Crippen LogP contribution is 2.34. The predicted molar refractivity (Wildman–Crippen MR) is 145 cm³/mol. The van der Waals surface area contributed by atoms with Gasteiger partial charge in [-0.15, -0.1) is 11.3 Å². The fourth-order valence-electron chi connectivity index (χ4n) is 4.00. The second-order valence-electron chi connectivity index (χ2n) is 8.73. The van der Waals surface area contributed by atoms with E-state index in [2.05, 4.69) is 5.32 Å². The molecular weight excluding hydrogens is 531 g/mol. The fraction of sp³-hybridized carbons (Fsp3) is 0.357. The van der Waals surface area contributed by atoms with Gasteiger partial charge < -0.3 is 24.6 Å². The van der Waals surface area contributed by atoms with Crippen molar-refractivity contribution < 1.29 is 32.2 Å². The molecule has 0 aliphatic rings. The summed E-state index contributed by atoms with van der Waals surface area (Å²) in [6, 6.07) is 13.4. The van der Waals surface area contributed by atoms with Crippen molar-refractivity contribution in [2.24, 2.45) is 0 Å². The Bertz CT molecular complexity index is 1240. The molecule has 0 aliphatic heterocycles. The van der Waals surface area contributed by atoms with Crippen LogP contribution in [0.5, 0.6) is 11.5 Å². The number of rotatable bonds is 12. The van der Waals surface area contributed by atoms with Gasteiger partial charge in [0, 0.05) is 18.0 Å². The molecule has 0 atom stereocenters. The van der Waals surface area contributed by atoms with E-state index < -0.39 is 17.8 Å². The van der Waals surface area contributed by atoms with Crippen LogP contribution in [-0.2, 0) is 23.9 Å². The maximum absolute atomic E-state index is 13.5. The molecule has 3 rings (SSSR count). The Kier molecular flexibility index (Phi) is 10.6. The van der Waals surface area contributed by atoms with Crippen LogP contribution >= 0.6 is 11.3 Å². The lowest BCUT2D eigenvalue weighted by molar-refractivity contribution is -0.137. The minimum atomic E-state index is -4.63. The summed E-state index contributed by atoms with van der Waals surface area (Å²) in [6.07, 6.45) is -3.58. The Morgan fingerprint density at radius 1 is 0.949 bits per heavy atom. The van der Waals surface area contributed by atoms with Gasteiger partial charge >= 0.3 is 12.2 Å². The van der Waals surface area contributed by atoms with Gasteiger partial charge in [-0.3, -0.25) is 4.79 Å². The Labute approximate surface area is 230 Å². The molecule has 3 amide bonds. The number of ether oxygens (including phenoxy) is 2. The van der Waals surface area contributed by atoms with Gasteiger partial charge in [0.05, 0.1) is 32.0 Å². The first-order chi connectivity index (χ1) is 18.7. The van der Waals surface area contributed by atoms with Crippen LogP contribution in [0.4, 0.5) is 23.7 Å². The van der Waals surface area contributed by atoms with Crippen LogP contribution in [0.15, 0.2) is 60.0 Å². The van der Waals surface area contributed by atoms with Crippen LogP contribution in [0.25, 0.3) is 0 Å². The molecule has 1 heterocycles. The van der Waals surface area contributed by atoms with Crippen molar-refractivity contribution in [1.82, 2.24) is 9.80 Å². The summed E-state index contributed by atoms with van der Waals surface area (Å²) in [7, 11) is 3.10. The lowest BCUT2D eigenvalue weighted by Gasteiger charge is -2.28. The Balaban J connectivity index is 1.76.